The standard InChI is InChI=1S/C17H17N3O3S2/c1-2-20-16(22)14-11(12-4-3-7-23-12)8-24-15(14)19-17(20)25-9-13(21)18-10-5-6-10/h3-4,7-8,10H,2,5-6,9H2,1H3,(H,18,21). The second-order valence-corrected chi connectivity index (χ2v) is 7.68. The number of thioether (sulfide) groups is 1. The van der Waals surface area contributed by atoms with Crippen molar-refractivity contribution in [1.82, 2.24) is 14.9 Å². The molecule has 0 bridgehead atoms. The Kier molecular flexibility index (Phi) is 4.39. The predicted molar refractivity (Wildman–Crippen MR) is 99.1 cm³/mol. The van der Waals surface area contributed by atoms with Gasteiger partial charge in [0.1, 0.15) is 10.6 Å². The number of hydrogen-bond donors (Lipinski definition) is 1. The molecule has 0 aliphatic heterocycles. The molecule has 0 atom stereocenters. The highest BCUT2D eigenvalue weighted by Crippen LogP contribution is 2.32. The topological polar surface area (TPSA) is 77.1 Å². The van der Waals surface area contributed by atoms with Crippen LogP contribution in [0.3, 0.4) is 0 Å². The first-order valence-corrected chi connectivity index (χ1v) is 10.0. The van der Waals surface area contributed by atoms with Gasteiger partial charge in [-0.2, -0.15) is 0 Å². The lowest BCUT2D eigenvalue weighted by Crippen LogP contribution is -2.28. The van der Waals surface area contributed by atoms with Crippen LogP contribution in [-0.4, -0.2) is 27.3 Å². The SMILES string of the molecule is CCn1c(SCC(=O)NC2CC2)nc2scc(-c3ccco3)c2c1=O. The van der Waals surface area contributed by atoms with Gasteiger partial charge in [0.25, 0.3) is 5.56 Å². The summed E-state index contributed by atoms with van der Waals surface area (Å²) in [5.74, 6) is 0.925. The van der Waals surface area contributed by atoms with Crippen LogP contribution in [0.15, 0.2) is 38.1 Å². The Balaban J connectivity index is 1.68. The first-order chi connectivity index (χ1) is 12.2. The fourth-order valence-electron chi connectivity index (χ4n) is 2.64. The fourth-order valence-corrected chi connectivity index (χ4v) is 4.48. The second kappa shape index (κ2) is 6.68. The highest BCUT2D eigenvalue weighted by molar-refractivity contribution is 7.99. The van der Waals surface area contributed by atoms with E-state index in [0.717, 1.165) is 18.4 Å². The number of hydrogen-bond acceptors (Lipinski definition) is 6. The largest absolute Gasteiger partial charge is 0.464 e. The third-order valence-corrected chi connectivity index (χ3v) is 5.89. The van der Waals surface area contributed by atoms with Gasteiger partial charge in [-0.1, -0.05) is 11.8 Å². The van der Waals surface area contributed by atoms with E-state index in [1.54, 1.807) is 16.9 Å². The summed E-state index contributed by atoms with van der Waals surface area (Å²) in [6.45, 7) is 2.41. The van der Waals surface area contributed by atoms with Crippen molar-refractivity contribution in [2.24, 2.45) is 0 Å². The summed E-state index contributed by atoms with van der Waals surface area (Å²) in [7, 11) is 0. The Bertz CT molecular complexity index is 971. The number of rotatable bonds is 6. The second-order valence-electron chi connectivity index (χ2n) is 5.88. The van der Waals surface area contributed by atoms with Crippen LogP contribution in [0.2, 0.25) is 0 Å². The van der Waals surface area contributed by atoms with E-state index in [9.17, 15) is 9.59 Å². The van der Waals surface area contributed by atoms with Crippen molar-refractivity contribution in [1.29, 1.82) is 0 Å². The molecule has 8 heteroatoms. The number of nitrogens with one attached hydrogen (secondary N) is 1. The van der Waals surface area contributed by atoms with Crippen molar-refractivity contribution < 1.29 is 9.21 Å². The zero-order valence-electron chi connectivity index (χ0n) is 13.7. The van der Waals surface area contributed by atoms with Gasteiger partial charge in [-0.3, -0.25) is 14.2 Å². The van der Waals surface area contributed by atoms with Gasteiger partial charge in [-0.05, 0) is 31.9 Å². The third kappa shape index (κ3) is 3.23. The Morgan fingerprint density at radius 1 is 1.52 bits per heavy atom. The highest BCUT2D eigenvalue weighted by atomic mass is 32.2. The molecule has 1 amide bonds. The smallest absolute Gasteiger partial charge is 0.263 e. The van der Waals surface area contributed by atoms with Gasteiger partial charge in [0.2, 0.25) is 5.91 Å². The van der Waals surface area contributed by atoms with Crippen LogP contribution in [0.1, 0.15) is 19.8 Å². The number of fused-ring (bicyclic) bond motifs is 1. The summed E-state index contributed by atoms with van der Waals surface area (Å²) in [5.41, 5.74) is 0.679. The third-order valence-electron chi connectivity index (χ3n) is 4.04. The number of thiophene rings is 1. The Morgan fingerprint density at radius 2 is 2.36 bits per heavy atom. The molecular weight excluding hydrogens is 358 g/mol. The first kappa shape index (κ1) is 16.4. The molecule has 0 radical (unpaired) electrons. The predicted octanol–water partition coefficient (Wildman–Crippen LogP) is 3.11. The molecule has 1 aliphatic carbocycles. The van der Waals surface area contributed by atoms with Crippen LogP contribution < -0.4 is 10.9 Å². The summed E-state index contributed by atoms with van der Waals surface area (Å²) < 4.78 is 7.06. The molecule has 4 rings (SSSR count). The van der Waals surface area contributed by atoms with Gasteiger partial charge >= 0.3 is 0 Å². The van der Waals surface area contributed by atoms with Gasteiger partial charge in [0.05, 0.1) is 17.4 Å². The summed E-state index contributed by atoms with van der Waals surface area (Å²) in [6.07, 6.45) is 3.71. The summed E-state index contributed by atoms with van der Waals surface area (Å²) in [4.78, 5) is 30.2. The van der Waals surface area contributed by atoms with Crippen LogP contribution in [0, 0.1) is 0 Å². The molecule has 3 heterocycles. The average Bonchev–Trinajstić information content (AvgIpc) is 3.10. The van der Waals surface area contributed by atoms with Gasteiger partial charge < -0.3 is 9.73 Å². The van der Waals surface area contributed by atoms with E-state index in [4.69, 9.17) is 4.42 Å². The highest BCUT2D eigenvalue weighted by Gasteiger charge is 2.24. The number of aromatic nitrogens is 2. The minimum Gasteiger partial charge on any atom is -0.464 e. The maximum atomic E-state index is 13.0. The molecule has 25 heavy (non-hydrogen) atoms. The first-order valence-electron chi connectivity index (χ1n) is 8.15. The van der Waals surface area contributed by atoms with Crippen LogP contribution >= 0.6 is 23.1 Å². The van der Waals surface area contributed by atoms with Crippen molar-refractivity contribution in [2.75, 3.05) is 5.75 Å². The van der Waals surface area contributed by atoms with Gasteiger partial charge in [0.15, 0.2) is 5.16 Å². The van der Waals surface area contributed by atoms with Crippen molar-refractivity contribution in [3.63, 3.8) is 0 Å². The van der Waals surface area contributed by atoms with E-state index in [2.05, 4.69) is 10.3 Å². The molecule has 0 spiro atoms. The van der Waals surface area contributed by atoms with Crippen LogP contribution in [0.25, 0.3) is 21.5 Å². The van der Waals surface area contributed by atoms with Crippen molar-refractivity contribution >= 4 is 39.2 Å². The van der Waals surface area contributed by atoms with E-state index in [0.29, 0.717) is 33.7 Å². The molecule has 1 saturated carbocycles. The molecule has 130 valence electrons. The molecule has 0 saturated heterocycles. The Morgan fingerprint density at radius 3 is 3.04 bits per heavy atom. The molecule has 6 nitrogen and oxygen atoms in total. The molecule has 3 aromatic rings. The van der Waals surface area contributed by atoms with Crippen molar-refractivity contribution in [3.8, 4) is 11.3 Å². The van der Waals surface area contributed by atoms with Crippen molar-refractivity contribution in [2.45, 2.75) is 37.5 Å². The Labute approximate surface area is 152 Å². The zero-order chi connectivity index (χ0) is 17.4. The molecule has 3 aromatic heterocycles. The minimum absolute atomic E-state index is 0.00745. The van der Waals surface area contributed by atoms with Gasteiger partial charge in [-0.15, -0.1) is 11.3 Å². The molecule has 0 aromatic carbocycles. The molecule has 0 unspecified atom stereocenters. The number of furan rings is 1. The monoisotopic (exact) mass is 375 g/mol. The lowest BCUT2D eigenvalue weighted by atomic mass is 10.2. The normalized spacial score (nSPS) is 14.1. The summed E-state index contributed by atoms with van der Waals surface area (Å²) >= 11 is 2.72. The molecule has 1 fully saturated rings. The van der Waals surface area contributed by atoms with Crippen LogP contribution in [0.4, 0.5) is 0 Å². The van der Waals surface area contributed by atoms with Crippen LogP contribution in [0.5, 0.6) is 0 Å². The lowest BCUT2D eigenvalue weighted by Gasteiger charge is -2.10. The van der Waals surface area contributed by atoms with E-state index in [1.165, 1.54) is 23.1 Å². The van der Waals surface area contributed by atoms with Gasteiger partial charge in [-0.25, -0.2) is 4.98 Å². The minimum atomic E-state index is -0.0924. The molecular formula is C17H17N3O3S2. The number of carbonyl (C=O) groups excluding carboxylic acids is 1. The van der Waals surface area contributed by atoms with E-state index in [1.807, 2.05) is 18.4 Å². The lowest BCUT2D eigenvalue weighted by molar-refractivity contribution is -0.118. The van der Waals surface area contributed by atoms with E-state index in [-0.39, 0.29) is 17.2 Å². The summed E-state index contributed by atoms with van der Waals surface area (Å²) in [5, 5.41) is 6.01. The summed E-state index contributed by atoms with van der Waals surface area (Å²) in [6, 6.07) is 3.97. The number of nitrogens with zero attached hydrogens (tertiary/aromatic N) is 2. The number of carbonyl (C=O) groups is 1. The van der Waals surface area contributed by atoms with Crippen LogP contribution in [-0.2, 0) is 11.3 Å². The maximum absolute atomic E-state index is 13.0. The number of amides is 1. The van der Waals surface area contributed by atoms with E-state index < -0.39 is 0 Å². The average molecular weight is 375 g/mol. The molecule has 1 N–H and O–H groups in total. The van der Waals surface area contributed by atoms with E-state index >= 15 is 0 Å². The van der Waals surface area contributed by atoms with Crippen molar-refractivity contribution in [3.05, 3.63) is 34.1 Å². The van der Waals surface area contributed by atoms with Gasteiger partial charge in [0, 0.05) is 23.5 Å². The quantitative estimate of drug-likeness (QED) is 0.529. The fraction of sp³-hybridized carbons (Fsp3) is 0.353. The molecule has 1 aliphatic rings. The maximum Gasteiger partial charge on any atom is 0.263 e. The Hall–Kier alpha value is -2.06. The zero-order valence-corrected chi connectivity index (χ0v) is 15.3.